The van der Waals surface area contributed by atoms with E-state index < -0.39 is 0 Å². The van der Waals surface area contributed by atoms with Crippen molar-refractivity contribution in [1.29, 1.82) is 0 Å². The Morgan fingerprint density at radius 2 is 2.07 bits per heavy atom. The lowest BCUT2D eigenvalue weighted by Crippen LogP contribution is -2.15. The second-order valence-electron chi connectivity index (χ2n) is 6.34. The molecule has 1 amide bonds. The molecule has 0 aliphatic carbocycles. The number of allylic oxidation sites excluding steroid dienone is 1. The monoisotopic (exact) mass is 462 g/mol. The Morgan fingerprint density at radius 1 is 1.27 bits per heavy atom. The first-order valence-corrected chi connectivity index (χ1v) is 10.8. The fourth-order valence-electron chi connectivity index (χ4n) is 2.61. The van der Waals surface area contributed by atoms with Gasteiger partial charge in [0.05, 0.1) is 21.5 Å². The topological polar surface area (TPSA) is 69.0 Å². The molecule has 0 bridgehead atoms. The number of anilines is 1. The summed E-state index contributed by atoms with van der Waals surface area (Å²) in [6, 6.07) is 12.9. The van der Waals surface area contributed by atoms with Crippen LogP contribution in [0.5, 0.6) is 5.75 Å². The Bertz CT molecular complexity index is 1060. The van der Waals surface area contributed by atoms with Gasteiger partial charge in [0.2, 0.25) is 5.91 Å². The van der Waals surface area contributed by atoms with E-state index in [1.54, 1.807) is 24.3 Å². The SMILES string of the molecule is C=CCn1c(COc2cccc(C)c2)nnc1SCC(=O)Nc1cccc(Cl)c1Cl. The normalized spacial score (nSPS) is 10.6. The summed E-state index contributed by atoms with van der Waals surface area (Å²) >= 11 is 13.4. The van der Waals surface area contributed by atoms with Crippen LogP contribution in [0.15, 0.2) is 60.3 Å². The first kappa shape index (κ1) is 22.2. The fourth-order valence-corrected chi connectivity index (χ4v) is 3.73. The van der Waals surface area contributed by atoms with Crippen molar-refractivity contribution in [2.45, 2.75) is 25.2 Å². The number of carbonyl (C=O) groups is 1. The first-order valence-electron chi connectivity index (χ1n) is 9.07. The molecule has 2 aromatic carbocycles. The summed E-state index contributed by atoms with van der Waals surface area (Å²) in [7, 11) is 0. The molecule has 30 heavy (non-hydrogen) atoms. The Morgan fingerprint density at radius 3 is 2.83 bits per heavy atom. The molecule has 1 N–H and O–H groups in total. The van der Waals surface area contributed by atoms with Crippen LogP contribution in [0.25, 0.3) is 0 Å². The van der Waals surface area contributed by atoms with E-state index in [1.165, 1.54) is 11.8 Å². The Labute approximate surface area is 189 Å². The van der Waals surface area contributed by atoms with E-state index in [2.05, 4.69) is 22.1 Å². The van der Waals surface area contributed by atoms with Gasteiger partial charge in [-0.3, -0.25) is 9.36 Å². The number of rotatable bonds is 9. The van der Waals surface area contributed by atoms with Gasteiger partial charge in [-0.2, -0.15) is 0 Å². The molecule has 0 spiro atoms. The van der Waals surface area contributed by atoms with Gasteiger partial charge in [-0.05, 0) is 36.8 Å². The molecule has 1 aromatic heterocycles. The number of hydrogen-bond donors (Lipinski definition) is 1. The number of aryl methyl sites for hydroxylation is 1. The molecule has 9 heteroatoms. The highest BCUT2D eigenvalue weighted by Crippen LogP contribution is 2.29. The van der Waals surface area contributed by atoms with Crippen LogP contribution < -0.4 is 10.1 Å². The van der Waals surface area contributed by atoms with Gasteiger partial charge in [0.15, 0.2) is 11.0 Å². The van der Waals surface area contributed by atoms with Crippen molar-refractivity contribution in [2.24, 2.45) is 0 Å². The van der Waals surface area contributed by atoms with Crippen molar-refractivity contribution < 1.29 is 9.53 Å². The molecule has 0 aliphatic rings. The third kappa shape index (κ3) is 5.78. The lowest BCUT2D eigenvalue weighted by Gasteiger charge is -2.10. The van der Waals surface area contributed by atoms with Crippen molar-refractivity contribution in [3.8, 4) is 5.75 Å². The second kappa shape index (κ2) is 10.5. The van der Waals surface area contributed by atoms with E-state index in [4.69, 9.17) is 27.9 Å². The lowest BCUT2D eigenvalue weighted by atomic mass is 10.2. The zero-order chi connectivity index (χ0) is 21.5. The van der Waals surface area contributed by atoms with Crippen LogP contribution in [0.3, 0.4) is 0 Å². The fraction of sp³-hybridized carbons (Fsp3) is 0.190. The van der Waals surface area contributed by atoms with E-state index in [-0.39, 0.29) is 18.3 Å². The molecule has 3 rings (SSSR count). The smallest absolute Gasteiger partial charge is 0.234 e. The van der Waals surface area contributed by atoms with Crippen molar-refractivity contribution in [2.75, 3.05) is 11.1 Å². The van der Waals surface area contributed by atoms with Crippen molar-refractivity contribution in [1.82, 2.24) is 14.8 Å². The number of nitrogens with one attached hydrogen (secondary N) is 1. The number of halogens is 2. The van der Waals surface area contributed by atoms with Crippen LogP contribution >= 0.6 is 35.0 Å². The maximum Gasteiger partial charge on any atom is 0.234 e. The second-order valence-corrected chi connectivity index (χ2v) is 8.07. The number of hydrogen-bond acceptors (Lipinski definition) is 5. The van der Waals surface area contributed by atoms with Gasteiger partial charge in [0.25, 0.3) is 0 Å². The average Bonchev–Trinajstić information content (AvgIpc) is 3.10. The van der Waals surface area contributed by atoms with Crippen molar-refractivity contribution in [3.63, 3.8) is 0 Å². The molecule has 0 saturated heterocycles. The summed E-state index contributed by atoms with van der Waals surface area (Å²) in [5.74, 6) is 1.32. The number of aromatic nitrogens is 3. The Balaban J connectivity index is 1.63. The first-order chi connectivity index (χ1) is 14.5. The van der Waals surface area contributed by atoms with E-state index in [0.29, 0.717) is 33.3 Å². The number of benzene rings is 2. The summed E-state index contributed by atoms with van der Waals surface area (Å²) in [6.45, 7) is 6.55. The van der Waals surface area contributed by atoms with Crippen LogP contribution in [0.2, 0.25) is 10.0 Å². The zero-order valence-corrected chi connectivity index (χ0v) is 18.6. The predicted octanol–water partition coefficient (Wildman–Crippen LogP) is 5.39. The van der Waals surface area contributed by atoms with Crippen molar-refractivity contribution >= 4 is 46.6 Å². The average molecular weight is 463 g/mol. The minimum atomic E-state index is -0.227. The highest BCUT2D eigenvalue weighted by molar-refractivity contribution is 7.99. The highest BCUT2D eigenvalue weighted by atomic mass is 35.5. The number of nitrogens with zero attached hydrogens (tertiary/aromatic N) is 3. The lowest BCUT2D eigenvalue weighted by molar-refractivity contribution is -0.113. The van der Waals surface area contributed by atoms with Gasteiger partial charge in [0, 0.05) is 6.54 Å². The molecule has 0 aliphatic heterocycles. The van der Waals surface area contributed by atoms with E-state index in [9.17, 15) is 4.79 Å². The largest absolute Gasteiger partial charge is 0.486 e. The molecule has 0 atom stereocenters. The van der Waals surface area contributed by atoms with Gasteiger partial charge >= 0.3 is 0 Å². The summed E-state index contributed by atoms with van der Waals surface area (Å²) < 4.78 is 7.70. The highest BCUT2D eigenvalue weighted by Gasteiger charge is 2.15. The van der Waals surface area contributed by atoms with Crippen LogP contribution in [0.4, 0.5) is 5.69 Å². The number of ether oxygens (including phenoxy) is 1. The van der Waals surface area contributed by atoms with E-state index in [1.807, 2.05) is 35.8 Å². The molecule has 6 nitrogen and oxygen atoms in total. The summed E-state index contributed by atoms with van der Waals surface area (Å²) in [4.78, 5) is 12.3. The number of carbonyl (C=O) groups excluding carboxylic acids is 1. The van der Waals surface area contributed by atoms with Crippen LogP contribution in [-0.4, -0.2) is 26.4 Å². The van der Waals surface area contributed by atoms with Gasteiger partial charge < -0.3 is 10.1 Å². The zero-order valence-electron chi connectivity index (χ0n) is 16.3. The minimum absolute atomic E-state index is 0.136. The van der Waals surface area contributed by atoms with Crippen LogP contribution in [-0.2, 0) is 17.9 Å². The number of thioether (sulfide) groups is 1. The van der Waals surface area contributed by atoms with Gasteiger partial charge in [-0.15, -0.1) is 16.8 Å². The Kier molecular flexibility index (Phi) is 7.79. The molecule has 3 aromatic rings. The minimum Gasteiger partial charge on any atom is -0.486 e. The summed E-state index contributed by atoms with van der Waals surface area (Å²) in [5.41, 5.74) is 1.58. The molecule has 0 unspecified atom stereocenters. The molecule has 0 saturated carbocycles. The van der Waals surface area contributed by atoms with Crippen LogP contribution in [0.1, 0.15) is 11.4 Å². The molecule has 0 fully saturated rings. The Hall–Kier alpha value is -2.48. The quantitative estimate of drug-likeness (QED) is 0.341. The third-order valence-corrected chi connectivity index (χ3v) is 5.81. The molecular weight excluding hydrogens is 443 g/mol. The van der Waals surface area contributed by atoms with Gasteiger partial charge in [-0.1, -0.05) is 59.2 Å². The standard InChI is InChI=1S/C21H20Cl2N4O2S/c1-3-10-27-18(12-29-15-7-4-6-14(2)11-15)25-26-21(27)30-13-19(28)24-17-9-5-8-16(22)20(17)23/h3-9,11H,1,10,12-13H2,2H3,(H,24,28). The van der Waals surface area contributed by atoms with Gasteiger partial charge in [0.1, 0.15) is 12.4 Å². The molecular formula is C21H20Cl2N4O2S. The number of amides is 1. The van der Waals surface area contributed by atoms with Gasteiger partial charge in [-0.25, -0.2) is 0 Å². The predicted molar refractivity (Wildman–Crippen MR) is 122 cm³/mol. The maximum absolute atomic E-state index is 12.3. The molecule has 1 heterocycles. The summed E-state index contributed by atoms with van der Waals surface area (Å²) in [6.07, 6.45) is 1.75. The molecule has 156 valence electrons. The van der Waals surface area contributed by atoms with Crippen molar-refractivity contribution in [3.05, 3.63) is 76.6 Å². The summed E-state index contributed by atoms with van der Waals surface area (Å²) in [5, 5.41) is 12.4. The van der Waals surface area contributed by atoms with Crippen LogP contribution in [0, 0.1) is 6.92 Å². The van der Waals surface area contributed by atoms with E-state index in [0.717, 1.165) is 11.3 Å². The molecule has 0 radical (unpaired) electrons. The van der Waals surface area contributed by atoms with E-state index >= 15 is 0 Å². The maximum atomic E-state index is 12.3. The third-order valence-electron chi connectivity index (χ3n) is 4.02.